The number of hydrogen-bond acceptors (Lipinski definition) is 4. The van der Waals surface area contributed by atoms with E-state index in [9.17, 15) is 4.80 Å². The Morgan fingerprint density at radius 3 is 0.778 bits per heavy atom. The van der Waals surface area contributed by atoms with Gasteiger partial charge in [0.1, 0.15) is 0 Å². The zero-order chi connectivity index (χ0) is 26.7. The van der Waals surface area contributed by atoms with E-state index < -0.39 is 8.32 Å². The summed E-state index contributed by atoms with van der Waals surface area (Å²) in [5.41, 5.74) is 0. The predicted molar refractivity (Wildman–Crippen MR) is 154 cm³/mol. The van der Waals surface area contributed by atoms with Crippen LogP contribution in [0.4, 0.5) is 0 Å². The first-order valence-electron chi connectivity index (χ1n) is 15.2. The molecule has 0 unspecified atom stereocenters. The maximum atomic E-state index is 10.7. The van der Waals surface area contributed by atoms with Crippen LogP contribution in [0, 0.1) is 17.8 Å². The second kappa shape index (κ2) is 23.6. The third kappa shape index (κ3) is 25.1. The first-order valence-corrected chi connectivity index (χ1v) is 17.8. The smallest absolute Gasteiger partial charge is 0.189 e. The van der Waals surface area contributed by atoms with Crippen LogP contribution in [0.1, 0.15) is 138 Å². The van der Waals surface area contributed by atoms with Crippen LogP contribution in [-0.2, 0) is 21.7 Å². The van der Waals surface area contributed by atoms with E-state index in [2.05, 4.69) is 41.5 Å². The first-order chi connectivity index (χ1) is 16.4. The van der Waals surface area contributed by atoms with Gasteiger partial charge in [-0.05, 0) is 74.4 Å². The number of aliphatic hydroxyl groups excluding tert-OH is 3. The summed E-state index contributed by atoms with van der Waals surface area (Å²) in [7, 11) is -1.94. The van der Waals surface area contributed by atoms with Crippen LogP contribution in [0.5, 0.6) is 0 Å². The number of rotatable bonds is 6. The summed E-state index contributed by atoms with van der Waals surface area (Å²) >= 11 is 0. The molecule has 4 nitrogen and oxygen atoms in total. The standard InChI is InChI=1S/C12H28OSi.3C6H12O.Ti/c1-10(2)7-14(13,8-11(3)4)9-12(5)6;3*7-6-4-2-1-3-5-6;/h10-13H,7-9H2,1-6H3;3*6-7H,1-5H2;. The van der Waals surface area contributed by atoms with E-state index in [1.165, 1.54) is 57.8 Å². The van der Waals surface area contributed by atoms with Crippen molar-refractivity contribution in [1.29, 1.82) is 0 Å². The van der Waals surface area contributed by atoms with Gasteiger partial charge in [0.15, 0.2) is 8.32 Å². The SMILES string of the molecule is CC(C)C[Si](O)(CC(C)C)CC(C)C.OC1CCCCC1.OC1CCCCC1.OC1CCCCC1.[Ti]. The summed E-state index contributed by atoms with van der Waals surface area (Å²) in [6.07, 6.45) is 17.8. The monoisotopic (exact) mass is 564 g/mol. The van der Waals surface area contributed by atoms with Crippen LogP contribution in [-0.4, -0.2) is 46.7 Å². The molecule has 3 fully saturated rings. The van der Waals surface area contributed by atoms with Gasteiger partial charge in [0.25, 0.3) is 0 Å². The maximum Gasteiger partial charge on any atom is 0.189 e. The van der Waals surface area contributed by atoms with Crippen molar-refractivity contribution in [2.75, 3.05) is 0 Å². The number of hydrogen-bond donors (Lipinski definition) is 4. The Morgan fingerprint density at radius 2 is 0.667 bits per heavy atom. The zero-order valence-corrected chi connectivity index (χ0v) is 27.5. The van der Waals surface area contributed by atoms with Gasteiger partial charge in [-0.2, -0.15) is 0 Å². The normalized spacial score (nSPS) is 19.9. The van der Waals surface area contributed by atoms with Crippen molar-refractivity contribution in [3.8, 4) is 0 Å². The van der Waals surface area contributed by atoms with E-state index in [4.69, 9.17) is 15.3 Å². The molecule has 0 aromatic carbocycles. The molecule has 3 aliphatic carbocycles. The Bertz CT molecular complexity index is 393. The minimum Gasteiger partial charge on any atom is -0.432 e. The summed E-state index contributed by atoms with van der Waals surface area (Å²) in [6.45, 7) is 13.3. The van der Waals surface area contributed by atoms with E-state index >= 15 is 0 Å². The Balaban J connectivity index is 0. The first kappa shape index (κ1) is 38.9. The molecule has 3 saturated carbocycles. The predicted octanol–water partition coefficient (Wildman–Crippen LogP) is 7.82. The van der Waals surface area contributed by atoms with Crippen molar-refractivity contribution in [2.45, 2.75) is 174 Å². The molecular weight excluding hydrogens is 500 g/mol. The quantitative estimate of drug-likeness (QED) is 0.248. The summed E-state index contributed by atoms with van der Waals surface area (Å²) in [5, 5.41) is 26.7. The van der Waals surface area contributed by atoms with Crippen LogP contribution in [0.2, 0.25) is 18.1 Å². The van der Waals surface area contributed by atoms with Gasteiger partial charge in [0.05, 0.1) is 18.3 Å². The average Bonchev–Trinajstić information content (AvgIpc) is 2.75. The Labute approximate surface area is 241 Å². The molecule has 216 valence electrons. The molecular formula is C30H64O4SiTi. The van der Waals surface area contributed by atoms with Crippen molar-refractivity contribution in [3.63, 3.8) is 0 Å². The van der Waals surface area contributed by atoms with Crippen LogP contribution >= 0.6 is 0 Å². The van der Waals surface area contributed by atoms with Crippen molar-refractivity contribution in [3.05, 3.63) is 0 Å². The molecule has 0 spiro atoms. The Morgan fingerprint density at radius 1 is 0.472 bits per heavy atom. The molecule has 0 aromatic heterocycles. The fraction of sp³-hybridized carbons (Fsp3) is 1.00. The van der Waals surface area contributed by atoms with E-state index in [-0.39, 0.29) is 40.0 Å². The summed E-state index contributed by atoms with van der Waals surface area (Å²) in [5.74, 6) is 1.93. The molecule has 36 heavy (non-hydrogen) atoms. The van der Waals surface area contributed by atoms with Gasteiger partial charge in [-0.3, -0.25) is 0 Å². The van der Waals surface area contributed by atoms with E-state index in [0.29, 0.717) is 17.8 Å². The zero-order valence-electron chi connectivity index (χ0n) is 25.0. The van der Waals surface area contributed by atoms with E-state index in [1.807, 2.05) is 0 Å². The topological polar surface area (TPSA) is 80.9 Å². The van der Waals surface area contributed by atoms with Gasteiger partial charge >= 0.3 is 0 Å². The molecule has 3 rings (SSSR count). The minimum absolute atomic E-state index is 0. The van der Waals surface area contributed by atoms with Crippen LogP contribution in [0.3, 0.4) is 0 Å². The van der Waals surface area contributed by atoms with Crippen molar-refractivity contribution >= 4 is 8.32 Å². The third-order valence-electron chi connectivity index (χ3n) is 7.09. The molecule has 3 aliphatic rings. The second-order valence-electron chi connectivity index (χ2n) is 12.9. The molecule has 4 N–H and O–H groups in total. The van der Waals surface area contributed by atoms with Gasteiger partial charge in [-0.25, -0.2) is 0 Å². The van der Waals surface area contributed by atoms with Crippen molar-refractivity contribution in [1.82, 2.24) is 0 Å². The molecule has 0 amide bonds. The van der Waals surface area contributed by atoms with E-state index in [0.717, 1.165) is 56.7 Å². The van der Waals surface area contributed by atoms with Gasteiger partial charge in [-0.1, -0.05) is 99.3 Å². The van der Waals surface area contributed by atoms with Gasteiger partial charge in [0.2, 0.25) is 0 Å². The molecule has 0 bridgehead atoms. The Hall–Kier alpha value is 0.771. The molecule has 0 radical (unpaired) electrons. The summed E-state index contributed by atoms with van der Waals surface area (Å²) in [4.78, 5) is 10.7. The van der Waals surface area contributed by atoms with Crippen LogP contribution < -0.4 is 0 Å². The Kier molecular flexibility index (Phi) is 25.6. The summed E-state index contributed by atoms with van der Waals surface area (Å²) < 4.78 is 0. The van der Waals surface area contributed by atoms with Crippen molar-refractivity contribution in [2.24, 2.45) is 17.8 Å². The van der Waals surface area contributed by atoms with Gasteiger partial charge in [0, 0.05) is 21.7 Å². The fourth-order valence-corrected chi connectivity index (χ4v) is 10.8. The van der Waals surface area contributed by atoms with Crippen LogP contribution in [0.25, 0.3) is 0 Å². The fourth-order valence-electron chi connectivity index (χ4n) is 5.77. The van der Waals surface area contributed by atoms with Crippen molar-refractivity contribution < 1.29 is 41.8 Å². The van der Waals surface area contributed by atoms with Gasteiger partial charge < -0.3 is 20.1 Å². The van der Waals surface area contributed by atoms with Gasteiger partial charge in [-0.15, -0.1) is 0 Å². The molecule has 0 aromatic rings. The largest absolute Gasteiger partial charge is 0.432 e. The number of aliphatic hydroxyl groups is 3. The maximum absolute atomic E-state index is 10.7. The van der Waals surface area contributed by atoms with Crippen LogP contribution in [0.15, 0.2) is 0 Å². The molecule has 0 atom stereocenters. The summed E-state index contributed by atoms with van der Waals surface area (Å²) in [6, 6.07) is 3.22. The second-order valence-corrected chi connectivity index (χ2v) is 16.6. The minimum atomic E-state index is -1.94. The average molecular weight is 565 g/mol. The molecule has 6 heteroatoms. The molecule has 0 heterocycles. The third-order valence-corrected chi connectivity index (χ3v) is 11.8. The molecule has 0 aliphatic heterocycles. The van der Waals surface area contributed by atoms with E-state index in [1.54, 1.807) is 0 Å². The molecule has 0 saturated heterocycles.